The van der Waals surface area contributed by atoms with Crippen LogP contribution in [0.5, 0.6) is 0 Å². The van der Waals surface area contributed by atoms with Gasteiger partial charge in [-0.15, -0.1) is 0 Å². The molecule has 3 rings (SSSR count). The number of rotatable bonds is 3. The number of halogens is 1. The molecule has 2 amide bonds. The molecule has 0 radical (unpaired) electrons. The molecule has 1 aliphatic heterocycles. The lowest BCUT2D eigenvalue weighted by Crippen LogP contribution is -2.50. The molecule has 1 aliphatic rings. The van der Waals surface area contributed by atoms with Crippen molar-refractivity contribution in [3.63, 3.8) is 0 Å². The van der Waals surface area contributed by atoms with Gasteiger partial charge >= 0.3 is 6.03 Å². The van der Waals surface area contributed by atoms with Crippen molar-refractivity contribution in [1.82, 2.24) is 4.90 Å². The maximum Gasteiger partial charge on any atom is 0.321 e. The summed E-state index contributed by atoms with van der Waals surface area (Å²) in [7, 11) is 0. The molecule has 1 N–H and O–H groups in total. The number of para-hydroxylation sites is 1. The van der Waals surface area contributed by atoms with Crippen LogP contribution in [0.2, 0.25) is 5.02 Å². The molecule has 130 valence electrons. The van der Waals surface area contributed by atoms with Crippen molar-refractivity contribution in [3.05, 3.63) is 63.7 Å². The van der Waals surface area contributed by atoms with Crippen molar-refractivity contribution in [2.24, 2.45) is 0 Å². The largest absolute Gasteiger partial charge is 0.368 e. The number of amides is 2. The highest BCUT2D eigenvalue weighted by Crippen LogP contribution is 2.27. The summed E-state index contributed by atoms with van der Waals surface area (Å²) in [5.74, 6) is 0. The van der Waals surface area contributed by atoms with E-state index in [4.69, 9.17) is 11.6 Å². The molecule has 1 saturated heterocycles. The minimum absolute atomic E-state index is 0.0412. The zero-order valence-electron chi connectivity index (χ0n) is 13.4. The number of hydrogen-bond donors (Lipinski definition) is 1. The van der Waals surface area contributed by atoms with E-state index in [0.29, 0.717) is 18.8 Å². The molecule has 2 aromatic rings. The van der Waals surface area contributed by atoms with Gasteiger partial charge in [0.25, 0.3) is 5.69 Å². The second-order valence-electron chi connectivity index (χ2n) is 5.66. The van der Waals surface area contributed by atoms with Crippen LogP contribution in [0.3, 0.4) is 0 Å². The fraction of sp³-hybridized carbons (Fsp3) is 0.235. The molecule has 0 atom stereocenters. The Bertz CT molecular complexity index is 777. The second kappa shape index (κ2) is 7.40. The summed E-state index contributed by atoms with van der Waals surface area (Å²) >= 11 is 5.78. The number of carbonyl (C=O) groups excluding carboxylic acids is 1. The normalized spacial score (nSPS) is 14.3. The van der Waals surface area contributed by atoms with E-state index < -0.39 is 4.92 Å². The number of nitro groups is 1. The third-order valence-corrected chi connectivity index (χ3v) is 4.40. The number of piperazine rings is 1. The van der Waals surface area contributed by atoms with Crippen LogP contribution in [0.1, 0.15) is 0 Å². The van der Waals surface area contributed by atoms with Crippen LogP contribution >= 0.6 is 11.6 Å². The number of nitro benzene ring substituents is 1. The molecule has 1 fully saturated rings. The summed E-state index contributed by atoms with van der Waals surface area (Å²) in [5.41, 5.74) is 1.26. The van der Waals surface area contributed by atoms with Crippen molar-refractivity contribution >= 4 is 34.7 Å². The number of nitrogens with zero attached hydrogens (tertiary/aromatic N) is 3. The van der Waals surface area contributed by atoms with Crippen LogP contribution in [-0.2, 0) is 0 Å². The Hall–Kier alpha value is -2.80. The molecule has 25 heavy (non-hydrogen) atoms. The SMILES string of the molecule is O=C(Nc1ccc(Cl)c([N+](=O)[O-])c1)N1CCN(c2ccccc2)CC1. The first-order chi connectivity index (χ1) is 12.0. The highest BCUT2D eigenvalue weighted by Gasteiger charge is 2.22. The summed E-state index contributed by atoms with van der Waals surface area (Å²) in [4.78, 5) is 26.6. The van der Waals surface area contributed by atoms with E-state index in [-0.39, 0.29) is 16.7 Å². The van der Waals surface area contributed by atoms with Gasteiger partial charge in [-0.1, -0.05) is 29.8 Å². The van der Waals surface area contributed by atoms with Crippen molar-refractivity contribution in [2.75, 3.05) is 36.4 Å². The van der Waals surface area contributed by atoms with Crippen molar-refractivity contribution in [2.45, 2.75) is 0 Å². The van der Waals surface area contributed by atoms with Gasteiger partial charge in [0.1, 0.15) is 5.02 Å². The third-order valence-electron chi connectivity index (χ3n) is 4.08. The first-order valence-corrected chi connectivity index (χ1v) is 8.22. The average Bonchev–Trinajstić information content (AvgIpc) is 2.64. The van der Waals surface area contributed by atoms with Crippen molar-refractivity contribution in [3.8, 4) is 0 Å². The number of anilines is 2. The first kappa shape index (κ1) is 17.0. The van der Waals surface area contributed by atoms with E-state index >= 15 is 0 Å². The van der Waals surface area contributed by atoms with E-state index in [1.54, 1.807) is 11.0 Å². The number of carbonyl (C=O) groups is 1. The molecule has 2 aromatic carbocycles. The third kappa shape index (κ3) is 4.00. The van der Waals surface area contributed by atoms with Crippen molar-refractivity contribution < 1.29 is 9.72 Å². The molecule has 0 bridgehead atoms. The zero-order chi connectivity index (χ0) is 17.8. The van der Waals surface area contributed by atoms with Crippen LogP contribution in [0.4, 0.5) is 21.9 Å². The molecular formula is C17H17ClN4O3. The highest BCUT2D eigenvalue weighted by atomic mass is 35.5. The van der Waals surface area contributed by atoms with Gasteiger partial charge in [-0.05, 0) is 24.3 Å². The molecule has 1 heterocycles. The molecule has 0 saturated carbocycles. The van der Waals surface area contributed by atoms with E-state index in [9.17, 15) is 14.9 Å². The molecule has 0 unspecified atom stereocenters. The van der Waals surface area contributed by atoms with E-state index in [1.165, 1.54) is 12.1 Å². The summed E-state index contributed by atoms with van der Waals surface area (Å²) < 4.78 is 0. The number of hydrogen-bond acceptors (Lipinski definition) is 4. The lowest BCUT2D eigenvalue weighted by molar-refractivity contribution is -0.384. The lowest BCUT2D eigenvalue weighted by atomic mass is 10.2. The van der Waals surface area contributed by atoms with Crippen LogP contribution in [0, 0.1) is 10.1 Å². The fourth-order valence-corrected chi connectivity index (χ4v) is 2.93. The van der Waals surface area contributed by atoms with Gasteiger partial charge in [0.2, 0.25) is 0 Å². The summed E-state index contributed by atoms with van der Waals surface area (Å²) in [6.45, 7) is 2.63. The van der Waals surface area contributed by atoms with Gasteiger partial charge in [0.05, 0.1) is 4.92 Å². The van der Waals surface area contributed by atoms with Gasteiger partial charge in [-0.2, -0.15) is 0 Å². The molecule has 0 aliphatic carbocycles. The van der Waals surface area contributed by atoms with Crippen LogP contribution in [0.15, 0.2) is 48.5 Å². The van der Waals surface area contributed by atoms with E-state index in [0.717, 1.165) is 18.8 Å². The molecule has 0 aromatic heterocycles. The quantitative estimate of drug-likeness (QED) is 0.670. The maximum absolute atomic E-state index is 12.4. The zero-order valence-corrected chi connectivity index (χ0v) is 14.1. The topological polar surface area (TPSA) is 78.7 Å². The van der Waals surface area contributed by atoms with Crippen LogP contribution in [0.25, 0.3) is 0 Å². The standard InChI is InChI=1S/C17H17ClN4O3/c18-15-7-6-13(12-16(15)22(24)25)19-17(23)21-10-8-20(9-11-21)14-4-2-1-3-5-14/h1-7,12H,8-11H2,(H,19,23). The molecular weight excluding hydrogens is 344 g/mol. The Kier molecular flexibility index (Phi) is 5.04. The van der Waals surface area contributed by atoms with Gasteiger partial charge in [0.15, 0.2) is 0 Å². The number of benzene rings is 2. The lowest BCUT2D eigenvalue weighted by Gasteiger charge is -2.36. The van der Waals surface area contributed by atoms with Crippen LogP contribution in [-0.4, -0.2) is 42.0 Å². The summed E-state index contributed by atoms with van der Waals surface area (Å²) in [5, 5.41) is 13.7. The number of nitrogens with one attached hydrogen (secondary N) is 1. The van der Waals surface area contributed by atoms with Gasteiger partial charge < -0.3 is 15.1 Å². The fourth-order valence-electron chi connectivity index (χ4n) is 2.74. The molecule has 8 heteroatoms. The summed E-state index contributed by atoms with van der Waals surface area (Å²) in [6, 6.07) is 14.0. The van der Waals surface area contributed by atoms with E-state index in [2.05, 4.69) is 10.2 Å². The minimum Gasteiger partial charge on any atom is -0.368 e. The van der Waals surface area contributed by atoms with Gasteiger partial charge in [0, 0.05) is 43.6 Å². The van der Waals surface area contributed by atoms with Gasteiger partial charge in [-0.3, -0.25) is 10.1 Å². The predicted octanol–water partition coefficient (Wildman–Crippen LogP) is 3.60. The summed E-state index contributed by atoms with van der Waals surface area (Å²) in [6.07, 6.45) is 0. The van der Waals surface area contributed by atoms with Crippen LogP contribution < -0.4 is 10.2 Å². The minimum atomic E-state index is -0.573. The smallest absolute Gasteiger partial charge is 0.321 e. The maximum atomic E-state index is 12.4. The van der Waals surface area contributed by atoms with Gasteiger partial charge in [-0.25, -0.2) is 4.79 Å². The predicted molar refractivity (Wildman–Crippen MR) is 97.4 cm³/mol. The van der Waals surface area contributed by atoms with Crippen molar-refractivity contribution in [1.29, 1.82) is 0 Å². The Labute approximate surface area is 149 Å². The molecule has 0 spiro atoms. The number of urea groups is 1. The Morgan fingerprint density at radius 1 is 1.08 bits per heavy atom. The average molecular weight is 361 g/mol. The monoisotopic (exact) mass is 360 g/mol. The second-order valence-corrected chi connectivity index (χ2v) is 6.07. The Balaban J connectivity index is 1.60. The van der Waals surface area contributed by atoms with E-state index in [1.807, 2.05) is 30.3 Å². The Morgan fingerprint density at radius 3 is 2.40 bits per heavy atom. The Morgan fingerprint density at radius 2 is 1.76 bits per heavy atom. The first-order valence-electron chi connectivity index (χ1n) is 7.84. The molecule has 7 nitrogen and oxygen atoms in total. The highest BCUT2D eigenvalue weighted by molar-refractivity contribution is 6.32.